The summed E-state index contributed by atoms with van der Waals surface area (Å²) < 4.78 is 27.4. The molecule has 0 bridgehead atoms. The SMILES string of the molecule is CC(C)S(=O)(=O)Cc1cnco1. The molecule has 0 aromatic carbocycles. The second kappa shape index (κ2) is 3.26. The molecule has 1 rings (SSSR count). The Hall–Kier alpha value is -0.840. The van der Waals surface area contributed by atoms with Gasteiger partial charge < -0.3 is 4.42 Å². The van der Waals surface area contributed by atoms with E-state index in [4.69, 9.17) is 4.42 Å². The van der Waals surface area contributed by atoms with Gasteiger partial charge in [0.1, 0.15) is 11.5 Å². The third kappa shape index (κ3) is 2.07. The quantitative estimate of drug-likeness (QED) is 0.711. The minimum absolute atomic E-state index is 0.0648. The van der Waals surface area contributed by atoms with Crippen molar-refractivity contribution in [3.8, 4) is 0 Å². The molecular weight excluding hydrogens is 178 g/mol. The maximum atomic E-state index is 11.3. The van der Waals surface area contributed by atoms with Gasteiger partial charge in [0.05, 0.1) is 11.4 Å². The predicted molar refractivity (Wildman–Crippen MR) is 44.3 cm³/mol. The van der Waals surface area contributed by atoms with Crippen LogP contribution in [0, 0.1) is 0 Å². The van der Waals surface area contributed by atoms with Crippen molar-refractivity contribution in [2.75, 3.05) is 0 Å². The van der Waals surface area contributed by atoms with Crippen molar-refractivity contribution in [1.82, 2.24) is 4.98 Å². The first-order valence-electron chi connectivity index (χ1n) is 3.61. The molecular formula is C7H11NO3S. The molecule has 68 valence electrons. The standard InChI is InChI=1S/C7H11NO3S/c1-6(2)12(9,10)4-7-3-8-5-11-7/h3,5-6H,4H2,1-2H3. The van der Waals surface area contributed by atoms with Gasteiger partial charge in [-0.05, 0) is 13.8 Å². The van der Waals surface area contributed by atoms with Gasteiger partial charge in [-0.25, -0.2) is 13.4 Å². The maximum Gasteiger partial charge on any atom is 0.180 e. The molecule has 0 amide bonds. The number of oxazole rings is 1. The van der Waals surface area contributed by atoms with Gasteiger partial charge in [0.15, 0.2) is 16.2 Å². The van der Waals surface area contributed by atoms with E-state index < -0.39 is 9.84 Å². The minimum Gasteiger partial charge on any atom is -0.447 e. The van der Waals surface area contributed by atoms with Crippen molar-refractivity contribution < 1.29 is 12.8 Å². The zero-order valence-corrected chi connectivity index (χ0v) is 7.84. The second-order valence-corrected chi connectivity index (χ2v) is 5.38. The molecule has 0 saturated heterocycles. The summed E-state index contributed by atoms with van der Waals surface area (Å²) in [7, 11) is -3.05. The number of aromatic nitrogens is 1. The third-order valence-electron chi connectivity index (χ3n) is 1.55. The van der Waals surface area contributed by atoms with E-state index in [1.54, 1.807) is 13.8 Å². The Morgan fingerprint density at radius 3 is 2.67 bits per heavy atom. The molecule has 1 aromatic heterocycles. The molecule has 0 N–H and O–H groups in total. The van der Waals surface area contributed by atoms with Crippen LogP contribution in [0.5, 0.6) is 0 Å². The highest BCUT2D eigenvalue weighted by Crippen LogP contribution is 2.09. The van der Waals surface area contributed by atoms with Crippen molar-refractivity contribution in [3.63, 3.8) is 0 Å². The van der Waals surface area contributed by atoms with E-state index in [-0.39, 0.29) is 11.0 Å². The van der Waals surface area contributed by atoms with E-state index in [0.717, 1.165) is 0 Å². The molecule has 0 aliphatic carbocycles. The first-order valence-corrected chi connectivity index (χ1v) is 5.33. The molecule has 0 radical (unpaired) electrons. The molecule has 5 heteroatoms. The van der Waals surface area contributed by atoms with Gasteiger partial charge in [-0.15, -0.1) is 0 Å². The van der Waals surface area contributed by atoms with E-state index in [1.165, 1.54) is 12.6 Å². The van der Waals surface area contributed by atoms with Gasteiger partial charge >= 0.3 is 0 Å². The average Bonchev–Trinajstić information content (AvgIpc) is 2.38. The van der Waals surface area contributed by atoms with Crippen molar-refractivity contribution in [3.05, 3.63) is 18.4 Å². The normalized spacial score (nSPS) is 12.2. The Kier molecular flexibility index (Phi) is 2.52. The van der Waals surface area contributed by atoms with Crippen LogP contribution in [0.3, 0.4) is 0 Å². The summed E-state index contributed by atoms with van der Waals surface area (Å²) in [5.41, 5.74) is 0. The number of sulfone groups is 1. The third-order valence-corrected chi connectivity index (χ3v) is 3.67. The van der Waals surface area contributed by atoms with E-state index in [9.17, 15) is 8.42 Å². The Labute approximate surface area is 71.5 Å². The van der Waals surface area contributed by atoms with Crippen molar-refractivity contribution in [1.29, 1.82) is 0 Å². The Morgan fingerprint density at radius 1 is 1.58 bits per heavy atom. The van der Waals surface area contributed by atoms with Gasteiger partial charge in [-0.3, -0.25) is 0 Å². The van der Waals surface area contributed by atoms with E-state index in [0.29, 0.717) is 5.76 Å². The molecule has 0 spiro atoms. The van der Waals surface area contributed by atoms with Crippen LogP contribution >= 0.6 is 0 Å². The molecule has 12 heavy (non-hydrogen) atoms. The summed E-state index contributed by atoms with van der Waals surface area (Å²) in [5, 5.41) is -0.373. The lowest BCUT2D eigenvalue weighted by atomic mass is 10.6. The fourth-order valence-corrected chi connectivity index (χ4v) is 1.55. The number of hydrogen-bond donors (Lipinski definition) is 0. The van der Waals surface area contributed by atoms with Gasteiger partial charge in [0.2, 0.25) is 0 Å². The second-order valence-electron chi connectivity index (χ2n) is 2.82. The van der Waals surface area contributed by atoms with Crippen LogP contribution in [-0.2, 0) is 15.6 Å². The molecule has 0 fully saturated rings. The fraction of sp³-hybridized carbons (Fsp3) is 0.571. The van der Waals surface area contributed by atoms with Gasteiger partial charge in [0.25, 0.3) is 0 Å². The number of hydrogen-bond acceptors (Lipinski definition) is 4. The average molecular weight is 189 g/mol. The molecule has 4 nitrogen and oxygen atoms in total. The summed E-state index contributed by atoms with van der Waals surface area (Å²) in [6, 6.07) is 0. The van der Waals surface area contributed by atoms with Crippen molar-refractivity contribution >= 4 is 9.84 Å². The Morgan fingerprint density at radius 2 is 2.25 bits per heavy atom. The summed E-state index contributed by atoms with van der Waals surface area (Å²) >= 11 is 0. The fourth-order valence-electron chi connectivity index (χ4n) is 0.678. The molecule has 1 heterocycles. The molecule has 0 aliphatic rings. The highest BCUT2D eigenvalue weighted by Gasteiger charge is 2.18. The van der Waals surface area contributed by atoms with Crippen molar-refractivity contribution in [2.45, 2.75) is 24.9 Å². The first-order chi connectivity index (χ1) is 5.52. The van der Waals surface area contributed by atoms with Gasteiger partial charge in [-0.1, -0.05) is 0 Å². The molecule has 1 aromatic rings. The van der Waals surface area contributed by atoms with E-state index in [1.807, 2.05) is 0 Å². The Balaban J connectivity index is 2.77. The maximum absolute atomic E-state index is 11.3. The zero-order valence-electron chi connectivity index (χ0n) is 7.02. The predicted octanol–water partition coefficient (Wildman–Crippen LogP) is 0.998. The molecule has 0 aliphatic heterocycles. The first kappa shape index (κ1) is 9.25. The lowest BCUT2D eigenvalue weighted by molar-refractivity contribution is 0.513. The summed E-state index contributed by atoms with van der Waals surface area (Å²) in [5.74, 6) is 0.328. The van der Waals surface area contributed by atoms with Crippen LogP contribution in [0.2, 0.25) is 0 Å². The number of nitrogens with zero attached hydrogens (tertiary/aromatic N) is 1. The van der Waals surface area contributed by atoms with Crippen LogP contribution in [-0.4, -0.2) is 18.7 Å². The smallest absolute Gasteiger partial charge is 0.180 e. The monoisotopic (exact) mass is 189 g/mol. The zero-order chi connectivity index (χ0) is 9.19. The lowest BCUT2D eigenvalue weighted by Crippen LogP contribution is -2.15. The van der Waals surface area contributed by atoms with Crippen LogP contribution < -0.4 is 0 Å². The highest BCUT2D eigenvalue weighted by molar-refractivity contribution is 7.91. The van der Waals surface area contributed by atoms with Crippen molar-refractivity contribution in [2.24, 2.45) is 0 Å². The largest absolute Gasteiger partial charge is 0.447 e. The van der Waals surface area contributed by atoms with E-state index >= 15 is 0 Å². The number of rotatable bonds is 3. The van der Waals surface area contributed by atoms with Crippen LogP contribution in [0.4, 0.5) is 0 Å². The molecule has 0 unspecified atom stereocenters. The highest BCUT2D eigenvalue weighted by atomic mass is 32.2. The summed E-state index contributed by atoms with van der Waals surface area (Å²) in [6.07, 6.45) is 2.64. The van der Waals surface area contributed by atoms with Gasteiger partial charge in [0, 0.05) is 0 Å². The van der Waals surface area contributed by atoms with E-state index in [2.05, 4.69) is 4.98 Å². The molecule has 0 atom stereocenters. The molecule has 0 saturated carbocycles. The van der Waals surface area contributed by atoms with Gasteiger partial charge in [-0.2, -0.15) is 0 Å². The topological polar surface area (TPSA) is 60.2 Å². The van der Waals surface area contributed by atoms with Crippen LogP contribution in [0.1, 0.15) is 19.6 Å². The van der Waals surface area contributed by atoms with Crippen LogP contribution in [0.15, 0.2) is 17.0 Å². The summed E-state index contributed by atoms with van der Waals surface area (Å²) in [4.78, 5) is 3.63. The minimum atomic E-state index is -3.05. The van der Waals surface area contributed by atoms with Crippen LogP contribution in [0.25, 0.3) is 0 Å². The summed E-state index contributed by atoms with van der Waals surface area (Å²) in [6.45, 7) is 3.29. The Bertz CT molecular complexity index is 326. The lowest BCUT2D eigenvalue weighted by Gasteiger charge is -2.03.